The van der Waals surface area contributed by atoms with Gasteiger partial charge in [-0.25, -0.2) is 0 Å². The van der Waals surface area contributed by atoms with Crippen LogP contribution in [0, 0.1) is 23.2 Å². The topological polar surface area (TPSA) is 69.7 Å². The highest BCUT2D eigenvalue weighted by Crippen LogP contribution is 2.60. The molecule has 6 heteroatoms. The molecule has 6 nitrogen and oxygen atoms in total. The Balaban J connectivity index is 1.30. The second-order valence-electron chi connectivity index (χ2n) is 9.09. The van der Waals surface area contributed by atoms with Crippen molar-refractivity contribution in [3.05, 3.63) is 12.2 Å². The molecule has 0 atom stereocenters. The number of hydrogen-bond acceptors (Lipinski definition) is 3. The van der Waals surface area contributed by atoms with E-state index in [2.05, 4.69) is 5.32 Å². The van der Waals surface area contributed by atoms with Crippen LogP contribution in [0.3, 0.4) is 0 Å². The van der Waals surface area contributed by atoms with Crippen LogP contribution in [0.15, 0.2) is 12.2 Å². The van der Waals surface area contributed by atoms with Crippen LogP contribution in [-0.4, -0.2) is 60.2 Å². The van der Waals surface area contributed by atoms with Crippen LogP contribution in [0.2, 0.25) is 0 Å². The first-order valence-electron chi connectivity index (χ1n) is 10.5. The van der Waals surface area contributed by atoms with Gasteiger partial charge in [-0.1, -0.05) is 6.08 Å². The predicted molar refractivity (Wildman–Crippen MR) is 102 cm³/mol. The van der Waals surface area contributed by atoms with E-state index in [1.54, 1.807) is 17.9 Å². The molecule has 5 aliphatic rings. The summed E-state index contributed by atoms with van der Waals surface area (Å²) in [5, 5.41) is 2.61. The maximum atomic E-state index is 13.4. The van der Waals surface area contributed by atoms with Crippen molar-refractivity contribution in [3.63, 3.8) is 0 Å². The molecule has 5 rings (SSSR count). The van der Waals surface area contributed by atoms with Crippen molar-refractivity contribution in [3.8, 4) is 0 Å². The summed E-state index contributed by atoms with van der Waals surface area (Å²) in [6.45, 7) is 4.16. The number of nitrogens with zero attached hydrogens (tertiary/aromatic N) is 2. The van der Waals surface area contributed by atoms with E-state index in [0.29, 0.717) is 32.1 Å². The number of piperazine rings is 1. The van der Waals surface area contributed by atoms with E-state index in [-0.39, 0.29) is 23.8 Å². The van der Waals surface area contributed by atoms with Crippen LogP contribution in [0.4, 0.5) is 0 Å². The summed E-state index contributed by atoms with van der Waals surface area (Å²) in [6.07, 6.45) is 10.4. The molecule has 0 aromatic rings. The molecular weight excluding hydrogens is 342 g/mol. The van der Waals surface area contributed by atoms with Gasteiger partial charge in [-0.3, -0.25) is 14.4 Å². The quantitative estimate of drug-likeness (QED) is 0.761. The lowest BCUT2D eigenvalue weighted by Crippen LogP contribution is -2.59. The van der Waals surface area contributed by atoms with Crippen LogP contribution < -0.4 is 5.32 Å². The van der Waals surface area contributed by atoms with Gasteiger partial charge in [0.25, 0.3) is 0 Å². The van der Waals surface area contributed by atoms with E-state index in [1.807, 2.05) is 4.90 Å². The lowest BCUT2D eigenvalue weighted by Gasteiger charge is -2.57. The Morgan fingerprint density at radius 1 is 0.926 bits per heavy atom. The fourth-order valence-corrected chi connectivity index (χ4v) is 6.35. The molecule has 3 amide bonds. The van der Waals surface area contributed by atoms with Crippen LogP contribution >= 0.6 is 0 Å². The molecule has 0 unspecified atom stereocenters. The first kappa shape index (κ1) is 18.5. The highest BCUT2D eigenvalue weighted by Gasteiger charge is 2.55. The van der Waals surface area contributed by atoms with Crippen molar-refractivity contribution < 1.29 is 14.4 Å². The predicted octanol–water partition coefficient (Wildman–Crippen LogP) is 1.57. The van der Waals surface area contributed by atoms with Crippen molar-refractivity contribution in [2.24, 2.45) is 23.2 Å². The Bertz CT molecular complexity index is 614. The number of nitrogens with one attached hydrogen (secondary N) is 1. The maximum absolute atomic E-state index is 13.4. The third-order valence-electron chi connectivity index (χ3n) is 7.14. The Labute approximate surface area is 161 Å². The highest BCUT2D eigenvalue weighted by atomic mass is 16.2. The summed E-state index contributed by atoms with van der Waals surface area (Å²) in [5.74, 6) is 2.34. The van der Waals surface area contributed by atoms with Gasteiger partial charge in [-0.05, 0) is 69.3 Å². The van der Waals surface area contributed by atoms with Gasteiger partial charge in [0.2, 0.25) is 17.7 Å². The summed E-state index contributed by atoms with van der Waals surface area (Å²) >= 11 is 0. The highest BCUT2D eigenvalue weighted by molar-refractivity contribution is 5.91. The first-order valence-corrected chi connectivity index (χ1v) is 10.5. The van der Waals surface area contributed by atoms with Gasteiger partial charge in [0, 0.05) is 26.2 Å². The average Bonchev–Trinajstić information content (AvgIpc) is 2.65. The van der Waals surface area contributed by atoms with Gasteiger partial charge in [0.1, 0.15) is 0 Å². The molecule has 1 aliphatic heterocycles. The molecule has 0 aromatic carbocycles. The van der Waals surface area contributed by atoms with Gasteiger partial charge in [0.15, 0.2) is 0 Å². The van der Waals surface area contributed by atoms with Crippen molar-refractivity contribution in [1.82, 2.24) is 15.1 Å². The Morgan fingerprint density at radius 3 is 1.96 bits per heavy atom. The second-order valence-corrected chi connectivity index (χ2v) is 9.09. The number of hydrogen-bond donors (Lipinski definition) is 1. The summed E-state index contributed by atoms with van der Waals surface area (Å²) < 4.78 is 0. The molecule has 1 saturated heterocycles. The number of rotatable bonds is 4. The number of amides is 3. The molecule has 4 saturated carbocycles. The van der Waals surface area contributed by atoms with E-state index in [0.717, 1.165) is 37.0 Å². The van der Waals surface area contributed by atoms with Crippen molar-refractivity contribution in [1.29, 1.82) is 0 Å². The second kappa shape index (κ2) is 7.28. The van der Waals surface area contributed by atoms with E-state index in [4.69, 9.17) is 0 Å². The fourth-order valence-electron chi connectivity index (χ4n) is 6.35. The first-order chi connectivity index (χ1) is 13.0. The minimum atomic E-state index is -0.249. The van der Waals surface area contributed by atoms with Crippen LogP contribution in [0.5, 0.6) is 0 Å². The van der Waals surface area contributed by atoms with E-state index in [9.17, 15) is 14.4 Å². The van der Waals surface area contributed by atoms with E-state index in [1.165, 1.54) is 25.3 Å². The molecule has 0 radical (unpaired) electrons. The fraction of sp³-hybridized carbons (Fsp3) is 0.762. The normalized spacial score (nSPS) is 34.9. The molecule has 1 heterocycles. The van der Waals surface area contributed by atoms with Crippen molar-refractivity contribution >= 4 is 17.7 Å². The van der Waals surface area contributed by atoms with E-state index < -0.39 is 0 Å². The summed E-state index contributed by atoms with van der Waals surface area (Å²) in [6, 6.07) is 0. The average molecular weight is 373 g/mol. The minimum Gasteiger partial charge on any atom is -0.343 e. The lowest BCUT2D eigenvalue weighted by molar-refractivity contribution is -0.160. The van der Waals surface area contributed by atoms with Crippen LogP contribution in [0.1, 0.15) is 45.4 Å². The zero-order chi connectivity index (χ0) is 19.0. The molecule has 1 N–H and O–H groups in total. The maximum Gasteiger partial charge on any atom is 0.244 e. The molecule has 0 aromatic heterocycles. The molecule has 0 spiro atoms. The van der Waals surface area contributed by atoms with Gasteiger partial charge in [-0.2, -0.15) is 0 Å². The van der Waals surface area contributed by atoms with Crippen LogP contribution in [0.25, 0.3) is 0 Å². The molecule has 4 bridgehead atoms. The van der Waals surface area contributed by atoms with Gasteiger partial charge >= 0.3 is 0 Å². The lowest BCUT2D eigenvalue weighted by atomic mass is 9.49. The summed E-state index contributed by atoms with van der Waals surface area (Å²) in [4.78, 5) is 40.9. The standard InChI is InChI=1S/C21H31N3O3/c1-2-3-18(25)22-14-19(26)23-4-6-24(7-5-23)20(27)21-11-15-8-16(12-21)10-17(9-15)13-21/h2-3,15-17H,4-14H2,1H3,(H,22,25)/b3-2+. The summed E-state index contributed by atoms with van der Waals surface area (Å²) in [7, 11) is 0. The molecule has 148 valence electrons. The zero-order valence-electron chi connectivity index (χ0n) is 16.3. The SMILES string of the molecule is C/C=C/C(=O)NCC(=O)N1CCN(C(=O)C23CC4CC(CC(C4)C2)C3)CC1. The molecule has 27 heavy (non-hydrogen) atoms. The largest absolute Gasteiger partial charge is 0.343 e. The van der Waals surface area contributed by atoms with Crippen LogP contribution in [-0.2, 0) is 14.4 Å². The van der Waals surface area contributed by atoms with Gasteiger partial charge < -0.3 is 15.1 Å². The Morgan fingerprint density at radius 2 is 1.44 bits per heavy atom. The third-order valence-corrected chi connectivity index (χ3v) is 7.14. The minimum absolute atomic E-state index is 0.0199. The van der Waals surface area contributed by atoms with Crippen molar-refractivity contribution in [2.75, 3.05) is 32.7 Å². The number of allylic oxidation sites excluding steroid dienone is 1. The van der Waals surface area contributed by atoms with E-state index >= 15 is 0 Å². The Hall–Kier alpha value is -1.85. The molecule has 5 fully saturated rings. The zero-order valence-corrected chi connectivity index (χ0v) is 16.3. The summed E-state index contributed by atoms with van der Waals surface area (Å²) in [5.41, 5.74) is -0.0958. The molecule has 4 aliphatic carbocycles. The number of carbonyl (C=O) groups is 3. The Kier molecular flexibility index (Phi) is 4.99. The smallest absolute Gasteiger partial charge is 0.244 e. The van der Waals surface area contributed by atoms with Crippen molar-refractivity contribution in [2.45, 2.75) is 45.4 Å². The third kappa shape index (κ3) is 3.63. The van der Waals surface area contributed by atoms with Gasteiger partial charge in [-0.15, -0.1) is 0 Å². The number of carbonyl (C=O) groups excluding carboxylic acids is 3. The monoisotopic (exact) mass is 373 g/mol. The molecular formula is C21H31N3O3. The van der Waals surface area contributed by atoms with Gasteiger partial charge in [0.05, 0.1) is 12.0 Å².